The quantitative estimate of drug-likeness (QED) is 0.771. The van der Waals surface area contributed by atoms with Crippen molar-refractivity contribution in [3.05, 3.63) is 35.4 Å². The number of benzene rings is 1. The summed E-state index contributed by atoms with van der Waals surface area (Å²) in [4.78, 5) is 0. The summed E-state index contributed by atoms with van der Waals surface area (Å²) in [5.74, 6) is 0.988. The van der Waals surface area contributed by atoms with Crippen LogP contribution in [0.3, 0.4) is 0 Å². The van der Waals surface area contributed by atoms with Crippen molar-refractivity contribution in [1.29, 1.82) is 0 Å². The summed E-state index contributed by atoms with van der Waals surface area (Å²) in [6.07, 6.45) is 5.32. The Hall–Kier alpha value is -0.820. The fourth-order valence-electron chi connectivity index (χ4n) is 1.93. The maximum absolute atomic E-state index is 3.63. The van der Waals surface area contributed by atoms with Crippen molar-refractivity contribution < 1.29 is 0 Å². The Morgan fingerprint density at radius 3 is 2.56 bits per heavy atom. The highest BCUT2D eigenvalue weighted by molar-refractivity contribution is 5.21. The summed E-state index contributed by atoms with van der Waals surface area (Å²) in [6, 6.07) is 9.57. The minimum atomic E-state index is 0.655. The molecule has 1 fully saturated rings. The van der Waals surface area contributed by atoms with Crippen LogP contribution in [0, 0.1) is 12.8 Å². The first kappa shape index (κ1) is 11.7. The number of nitrogens with one attached hydrogen (secondary N) is 1. The summed E-state index contributed by atoms with van der Waals surface area (Å²) >= 11 is 0. The van der Waals surface area contributed by atoms with E-state index in [-0.39, 0.29) is 0 Å². The maximum Gasteiger partial charge on any atom is 0.00420 e. The van der Waals surface area contributed by atoms with E-state index in [2.05, 4.69) is 43.4 Å². The van der Waals surface area contributed by atoms with E-state index in [4.69, 9.17) is 0 Å². The molecule has 0 spiro atoms. The van der Waals surface area contributed by atoms with E-state index in [1.165, 1.54) is 43.4 Å². The van der Waals surface area contributed by atoms with Gasteiger partial charge >= 0.3 is 0 Å². The molecule has 2 rings (SSSR count). The molecule has 1 atom stereocenters. The van der Waals surface area contributed by atoms with E-state index in [0.29, 0.717) is 6.04 Å². The molecule has 16 heavy (non-hydrogen) atoms. The minimum absolute atomic E-state index is 0.655. The van der Waals surface area contributed by atoms with Crippen molar-refractivity contribution in [2.75, 3.05) is 6.54 Å². The summed E-state index contributed by atoms with van der Waals surface area (Å²) < 4.78 is 0. The highest BCUT2D eigenvalue weighted by Gasteiger charge is 2.21. The smallest absolute Gasteiger partial charge is 0.00420 e. The van der Waals surface area contributed by atoms with Crippen LogP contribution < -0.4 is 5.32 Å². The molecule has 88 valence electrons. The molecule has 0 radical (unpaired) electrons. The Morgan fingerprint density at radius 1 is 1.25 bits per heavy atom. The van der Waals surface area contributed by atoms with Gasteiger partial charge in [0.15, 0.2) is 0 Å². The lowest BCUT2D eigenvalue weighted by molar-refractivity contribution is 0.499. The summed E-state index contributed by atoms with van der Waals surface area (Å²) in [5, 5.41) is 3.63. The van der Waals surface area contributed by atoms with Gasteiger partial charge in [0.05, 0.1) is 0 Å². The van der Waals surface area contributed by atoms with Crippen LogP contribution in [0.25, 0.3) is 0 Å². The zero-order valence-electron chi connectivity index (χ0n) is 10.5. The van der Waals surface area contributed by atoms with Crippen LogP contribution in [0.1, 0.15) is 37.3 Å². The molecule has 1 aromatic rings. The van der Waals surface area contributed by atoms with Crippen molar-refractivity contribution in [2.45, 2.75) is 45.6 Å². The molecule has 0 aliphatic heterocycles. The fourth-order valence-corrected chi connectivity index (χ4v) is 1.93. The SMILES string of the molecule is Cc1ccc(CCC(C)NCC2CC2)cc1. The number of rotatable bonds is 6. The van der Waals surface area contributed by atoms with Gasteiger partial charge in [-0.2, -0.15) is 0 Å². The van der Waals surface area contributed by atoms with Gasteiger partial charge < -0.3 is 5.32 Å². The molecule has 1 saturated carbocycles. The maximum atomic E-state index is 3.63. The van der Waals surface area contributed by atoms with E-state index in [1.807, 2.05) is 0 Å². The topological polar surface area (TPSA) is 12.0 Å². The first-order valence-corrected chi connectivity index (χ1v) is 6.53. The lowest BCUT2D eigenvalue weighted by Gasteiger charge is -2.13. The standard InChI is InChI=1S/C15H23N/c1-12-3-6-14(7-4-12)8-5-13(2)16-11-15-9-10-15/h3-4,6-7,13,15-16H,5,8-11H2,1-2H3. The zero-order chi connectivity index (χ0) is 11.4. The summed E-state index contributed by atoms with van der Waals surface area (Å²) in [7, 11) is 0. The largest absolute Gasteiger partial charge is 0.314 e. The van der Waals surface area contributed by atoms with Gasteiger partial charge in [0.25, 0.3) is 0 Å². The second-order valence-electron chi connectivity index (χ2n) is 5.28. The average molecular weight is 217 g/mol. The summed E-state index contributed by atoms with van der Waals surface area (Å²) in [6.45, 7) is 5.68. The molecule has 1 nitrogen and oxygen atoms in total. The molecular formula is C15H23N. The van der Waals surface area contributed by atoms with Crippen LogP contribution >= 0.6 is 0 Å². The first-order valence-electron chi connectivity index (χ1n) is 6.53. The average Bonchev–Trinajstić information content (AvgIpc) is 3.09. The van der Waals surface area contributed by atoms with Crippen molar-refractivity contribution in [3.63, 3.8) is 0 Å². The van der Waals surface area contributed by atoms with Gasteiger partial charge in [-0.05, 0) is 57.6 Å². The number of aryl methyl sites for hydroxylation is 2. The van der Waals surface area contributed by atoms with E-state index in [0.717, 1.165) is 5.92 Å². The molecule has 0 saturated heterocycles. The van der Waals surface area contributed by atoms with Gasteiger partial charge in [-0.3, -0.25) is 0 Å². The fraction of sp³-hybridized carbons (Fsp3) is 0.600. The van der Waals surface area contributed by atoms with Gasteiger partial charge in [0.2, 0.25) is 0 Å². The van der Waals surface area contributed by atoms with Crippen LogP contribution in [0.15, 0.2) is 24.3 Å². The van der Waals surface area contributed by atoms with Crippen LogP contribution in [-0.2, 0) is 6.42 Å². The van der Waals surface area contributed by atoms with Gasteiger partial charge in [0, 0.05) is 6.04 Å². The van der Waals surface area contributed by atoms with E-state index in [9.17, 15) is 0 Å². The molecule has 1 heteroatoms. The Labute approximate surface area is 99.3 Å². The van der Waals surface area contributed by atoms with Crippen LogP contribution in [0.5, 0.6) is 0 Å². The molecule has 0 bridgehead atoms. The molecule has 1 unspecified atom stereocenters. The van der Waals surface area contributed by atoms with Gasteiger partial charge in [-0.1, -0.05) is 29.8 Å². The number of hydrogen-bond donors (Lipinski definition) is 1. The third-order valence-corrected chi connectivity index (χ3v) is 3.44. The molecule has 1 aromatic carbocycles. The Balaban J connectivity index is 1.67. The molecule has 0 aromatic heterocycles. The Kier molecular flexibility index (Phi) is 4.00. The lowest BCUT2D eigenvalue weighted by Crippen LogP contribution is -2.28. The predicted molar refractivity (Wildman–Crippen MR) is 69.7 cm³/mol. The third kappa shape index (κ3) is 3.97. The predicted octanol–water partition coefficient (Wildman–Crippen LogP) is 3.32. The molecule has 1 N–H and O–H groups in total. The number of hydrogen-bond acceptors (Lipinski definition) is 1. The molecule has 1 aliphatic carbocycles. The summed E-state index contributed by atoms with van der Waals surface area (Å²) in [5.41, 5.74) is 2.81. The monoisotopic (exact) mass is 217 g/mol. The second kappa shape index (κ2) is 5.49. The molecular weight excluding hydrogens is 194 g/mol. The highest BCUT2D eigenvalue weighted by atomic mass is 14.9. The Bertz CT molecular complexity index is 311. The van der Waals surface area contributed by atoms with Crippen LogP contribution in [0.2, 0.25) is 0 Å². The molecule has 1 aliphatic rings. The zero-order valence-corrected chi connectivity index (χ0v) is 10.5. The van der Waals surface area contributed by atoms with Gasteiger partial charge in [-0.15, -0.1) is 0 Å². The van der Waals surface area contributed by atoms with E-state index in [1.54, 1.807) is 0 Å². The van der Waals surface area contributed by atoms with E-state index < -0.39 is 0 Å². The highest BCUT2D eigenvalue weighted by Crippen LogP contribution is 2.27. The third-order valence-electron chi connectivity index (χ3n) is 3.44. The second-order valence-corrected chi connectivity index (χ2v) is 5.28. The van der Waals surface area contributed by atoms with E-state index >= 15 is 0 Å². The van der Waals surface area contributed by atoms with Gasteiger partial charge in [0.1, 0.15) is 0 Å². The van der Waals surface area contributed by atoms with Gasteiger partial charge in [-0.25, -0.2) is 0 Å². The van der Waals surface area contributed by atoms with Crippen LogP contribution in [0.4, 0.5) is 0 Å². The van der Waals surface area contributed by atoms with Crippen molar-refractivity contribution in [3.8, 4) is 0 Å². The van der Waals surface area contributed by atoms with Crippen molar-refractivity contribution in [2.24, 2.45) is 5.92 Å². The normalized spacial score (nSPS) is 17.4. The Morgan fingerprint density at radius 2 is 1.94 bits per heavy atom. The lowest BCUT2D eigenvalue weighted by atomic mass is 10.0. The molecule has 0 amide bonds. The van der Waals surface area contributed by atoms with Crippen molar-refractivity contribution in [1.82, 2.24) is 5.32 Å². The molecule has 0 heterocycles. The minimum Gasteiger partial charge on any atom is -0.314 e. The van der Waals surface area contributed by atoms with Crippen LogP contribution in [-0.4, -0.2) is 12.6 Å². The van der Waals surface area contributed by atoms with Crippen molar-refractivity contribution >= 4 is 0 Å². The first-order chi connectivity index (χ1) is 7.74.